The quantitative estimate of drug-likeness (QED) is 0.904. The van der Waals surface area contributed by atoms with Gasteiger partial charge >= 0.3 is 0 Å². The molecule has 0 bridgehead atoms. The molecule has 2 aromatic carbocycles. The van der Waals surface area contributed by atoms with Gasteiger partial charge in [-0.05, 0) is 42.2 Å². The van der Waals surface area contributed by atoms with Crippen LogP contribution >= 0.6 is 0 Å². The number of fused-ring (bicyclic) bond motifs is 2. The molecule has 0 aliphatic carbocycles. The summed E-state index contributed by atoms with van der Waals surface area (Å²) in [6.07, 6.45) is 3.95. The van der Waals surface area contributed by atoms with Crippen molar-refractivity contribution in [2.45, 2.75) is 12.8 Å². The third-order valence-electron chi connectivity index (χ3n) is 3.84. The van der Waals surface area contributed by atoms with E-state index in [4.69, 9.17) is 5.11 Å². The molecule has 0 aromatic heterocycles. The summed E-state index contributed by atoms with van der Waals surface area (Å²) in [5.41, 5.74) is 6.24. The molecule has 2 aromatic rings. The fraction of sp³-hybridized carbons (Fsp3) is 0.222. The summed E-state index contributed by atoms with van der Waals surface area (Å²) in [6.45, 7) is 0.233. The van der Waals surface area contributed by atoms with E-state index in [0.717, 1.165) is 12.8 Å². The van der Waals surface area contributed by atoms with Crippen LogP contribution in [0.2, 0.25) is 0 Å². The van der Waals surface area contributed by atoms with E-state index in [-0.39, 0.29) is 6.61 Å². The average molecular weight is 265 g/mol. The van der Waals surface area contributed by atoms with E-state index >= 15 is 0 Å². The molecule has 0 saturated carbocycles. The Balaban J connectivity index is 2.18. The van der Waals surface area contributed by atoms with E-state index in [1.54, 1.807) is 0 Å². The van der Waals surface area contributed by atoms with Gasteiger partial charge in [-0.3, -0.25) is 0 Å². The Morgan fingerprint density at radius 3 is 2.45 bits per heavy atom. The summed E-state index contributed by atoms with van der Waals surface area (Å²) >= 11 is 0. The number of aliphatic hydroxyl groups is 1. The van der Waals surface area contributed by atoms with Crippen LogP contribution in [0.4, 0.5) is 11.4 Å². The number of allylic oxidation sites excluding steroid dienone is 1. The number of anilines is 2. The number of para-hydroxylation sites is 2. The van der Waals surface area contributed by atoms with Crippen molar-refractivity contribution in [2.75, 3.05) is 18.6 Å². The molecule has 1 aliphatic rings. The fourth-order valence-electron chi connectivity index (χ4n) is 2.82. The molecule has 1 aliphatic heterocycles. The summed E-state index contributed by atoms with van der Waals surface area (Å²) in [4.78, 5) is 2.24. The Bertz CT molecular complexity index is 645. The van der Waals surface area contributed by atoms with Crippen molar-refractivity contribution in [3.8, 4) is 0 Å². The van der Waals surface area contributed by atoms with Crippen molar-refractivity contribution >= 4 is 23.0 Å². The summed E-state index contributed by atoms with van der Waals surface area (Å²) < 4.78 is 0. The molecule has 0 atom stereocenters. The van der Waals surface area contributed by atoms with E-state index in [1.165, 1.54) is 28.1 Å². The molecule has 102 valence electrons. The molecule has 0 unspecified atom stereocenters. The van der Waals surface area contributed by atoms with Crippen LogP contribution in [0.1, 0.15) is 24.0 Å². The van der Waals surface area contributed by atoms with Gasteiger partial charge in [-0.1, -0.05) is 36.4 Å². The van der Waals surface area contributed by atoms with E-state index in [1.807, 2.05) is 0 Å². The lowest BCUT2D eigenvalue weighted by molar-refractivity contribution is 0.290. The standard InChI is InChI=1S/C18H19NO/c1-19-17-10-4-2-7-15(17)13-14(8-6-12-20)16-9-3-5-11-18(16)19/h2-5,7,9-11,13,20H,6,8,12H2,1H3. The number of aliphatic hydroxyl groups excluding tert-OH is 1. The van der Waals surface area contributed by atoms with Gasteiger partial charge in [0, 0.05) is 30.6 Å². The minimum atomic E-state index is 0.233. The van der Waals surface area contributed by atoms with E-state index in [0.29, 0.717) is 0 Å². The largest absolute Gasteiger partial charge is 0.396 e. The second-order valence-electron chi connectivity index (χ2n) is 5.13. The summed E-state index contributed by atoms with van der Waals surface area (Å²) in [6, 6.07) is 16.9. The zero-order chi connectivity index (χ0) is 13.9. The van der Waals surface area contributed by atoms with Gasteiger partial charge in [-0.25, -0.2) is 0 Å². The third kappa shape index (κ3) is 2.23. The molecule has 0 saturated heterocycles. The van der Waals surface area contributed by atoms with Gasteiger partial charge in [0.25, 0.3) is 0 Å². The van der Waals surface area contributed by atoms with Gasteiger partial charge in [0.2, 0.25) is 0 Å². The van der Waals surface area contributed by atoms with E-state index < -0.39 is 0 Å². The topological polar surface area (TPSA) is 23.5 Å². The first kappa shape index (κ1) is 12.9. The van der Waals surface area contributed by atoms with Crippen LogP contribution in [0.15, 0.2) is 48.5 Å². The van der Waals surface area contributed by atoms with Crippen molar-refractivity contribution < 1.29 is 5.11 Å². The molecule has 0 radical (unpaired) electrons. The normalized spacial score (nSPS) is 13.3. The molecule has 3 rings (SSSR count). The highest BCUT2D eigenvalue weighted by molar-refractivity contribution is 5.94. The number of hydrogen-bond acceptors (Lipinski definition) is 2. The molecule has 0 fully saturated rings. The third-order valence-corrected chi connectivity index (χ3v) is 3.84. The Hall–Kier alpha value is -2.06. The van der Waals surface area contributed by atoms with Crippen LogP contribution < -0.4 is 4.90 Å². The first-order valence-electron chi connectivity index (χ1n) is 7.05. The molecule has 1 heterocycles. The smallest absolute Gasteiger partial charge is 0.0484 e. The van der Waals surface area contributed by atoms with Gasteiger partial charge in [0.1, 0.15) is 0 Å². The van der Waals surface area contributed by atoms with Gasteiger partial charge in [0.05, 0.1) is 0 Å². The van der Waals surface area contributed by atoms with Crippen molar-refractivity contribution in [1.82, 2.24) is 0 Å². The lowest BCUT2D eigenvalue weighted by atomic mass is 9.98. The molecular formula is C18H19NO. The minimum absolute atomic E-state index is 0.233. The maximum atomic E-state index is 9.12. The van der Waals surface area contributed by atoms with Gasteiger partial charge < -0.3 is 10.0 Å². The zero-order valence-electron chi connectivity index (χ0n) is 11.7. The van der Waals surface area contributed by atoms with Crippen LogP contribution in [0, 0.1) is 0 Å². The highest BCUT2D eigenvalue weighted by atomic mass is 16.2. The van der Waals surface area contributed by atoms with Gasteiger partial charge in [-0.2, -0.15) is 0 Å². The Morgan fingerprint density at radius 2 is 1.65 bits per heavy atom. The fourth-order valence-corrected chi connectivity index (χ4v) is 2.82. The second-order valence-corrected chi connectivity index (χ2v) is 5.13. The Labute approximate surface area is 120 Å². The molecule has 0 spiro atoms. The van der Waals surface area contributed by atoms with Crippen molar-refractivity contribution in [3.63, 3.8) is 0 Å². The average Bonchev–Trinajstić information content (AvgIpc) is 2.62. The van der Waals surface area contributed by atoms with Crippen LogP contribution in [0.3, 0.4) is 0 Å². The number of nitrogens with zero attached hydrogens (tertiary/aromatic N) is 1. The molecular weight excluding hydrogens is 246 g/mol. The summed E-state index contributed by atoms with van der Waals surface area (Å²) in [5.74, 6) is 0. The molecule has 20 heavy (non-hydrogen) atoms. The zero-order valence-corrected chi connectivity index (χ0v) is 11.7. The maximum Gasteiger partial charge on any atom is 0.0484 e. The van der Waals surface area contributed by atoms with Crippen molar-refractivity contribution in [1.29, 1.82) is 0 Å². The highest BCUT2D eigenvalue weighted by Gasteiger charge is 2.17. The van der Waals surface area contributed by atoms with E-state index in [2.05, 4.69) is 66.6 Å². The molecule has 2 heteroatoms. The number of hydrogen-bond donors (Lipinski definition) is 1. The number of benzene rings is 2. The molecule has 2 nitrogen and oxygen atoms in total. The Kier molecular flexibility index (Phi) is 3.57. The minimum Gasteiger partial charge on any atom is -0.396 e. The van der Waals surface area contributed by atoms with Crippen LogP contribution in [-0.2, 0) is 0 Å². The first-order chi connectivity index (χ1) is 9.81. The Morgan fingerprint density at radius 1 is 0.950 bits per heavy atom. The van der Waals surface area contributed by atoms with Crippen LogP contribution in [-0.4, -0.2) is 18.8 Å². The molecule has 0 amide bonds. The van der Waals surface area contributed by atoms with Crippen LogP contribution in [0.5, 0.6) is 0 Å². The van der Waals surface area contributed by atoms with E-state index in [9.17, 15) is 0 Å². The van der Waals surface area contributed by atoms with Gasteiger partial charge in [-0.15, -0.1) is 0 Å². The summed E-state index contributed by atoms with van der Waals surface area (Å²) in [5, 5.41) is 9.12. The van der Waals surface area contributed by atoms with Crippen LogP contribution in [0.25, 0.3) is 11.6 Å². The first-order valence-corrected chi connectivity index (χ1v) is 7.05. The van der Waals surface area contributed by atoms with Crippen molar-refractivity contribution in [3.05, 3.63) is 59.7 Å². The predicted octanol–water partition coefficient (Wildman–Crippen LogP) is 4.08. The maximum absolute atomic E-state index is 9.12. The lowest BCUT2D eigenvalue weighted by Crippen LogP contribution is -2.11. The predicted molar refractivity (Wildman–Crippen MR) is 85.1 cm³/mol. The monoisotopic (exact) mass is 265 g/mol. The second kappa shape index (κ2) is 5.51. The lowest BCUT2D eigenvalue weighted by Gasteiger charge is -2.22. The van der Waals surface area contributed by atoms with Gasteiger partial charge in [0.15, 0.2) is 0 Å². The highest BCUT2D eigenvalue weighted by Crippen LogP contribution is 2.39. The molecule has 1 N–H and O–H groups in total. The van der Waals surface area contributed by atoms with Crippen molar-refractivity contribution in [2.24, 2.45) is 0 Å². The SMILES string of the molecule is CN1c2ccccc2C=C(CCCO)c2ccccc21. The number of rotatable bonds is 3. The summed E-state index contributed by atoms with van der Waals surface area (Å²) in [7, 11) is 2.11.